The van der Waals surface area contributed by atoms with Gasteiger partial charge in [0.25, 0.3) is 0 Å². The molecular formula is C11H13N2S+. The van der Waals surface area contributed by atoms with Crippen LogP contribution in [0.25, 0.3) is 0 Å². The van der Waals surface area contributed by atoms with Crippen LogP contribution in [0.5, 0.6) is 0 Å². The van der Waals surface area contributed by atoms with Crippen LogP contribution in [-0.2, 0) is 0 Å². The summed E-state index contributed by atoms with van der Waals surface area (Å²) >= 11 is 1.98. The fourth-order valence-electron chi connectivity index (χ4n) is 2.05. The molecule has 0 saturated carbocycles. The smallest absolute Gasteiger partial charge is 0.251 e. The Kier molecular flexibility index (Phi) is 1.98. The van der Waals surface area contributed by atoms with Crippen LogP contribution in [0.3, 0.4) is 0 Å². The number of hydrogen-bond acceptors (Lipinski definition) is 2. The lowest BCUT2D eigenvalue weighted by Gasteiger charge is -2.09. The van der Waals surface area contributed by atoms with E-state index in [-0.39, 0.29) is 0 Å². The SMILES string of the molecule is c1ccc(N2CC[N+]3=C2SCC3)cc1. The molecule has 72 valence electrons. The number of benzene rings is 1. The van der Waals surface area contributed by atoms with E-state index in [1.807, 2.05) is 11.8 Å². The molecule has 0 unspecified atom stereocenters. The molecule has 0 atom stereocenters. The Bertz CT molecular complexity index is 372. The number of anilines is 1. The van der Waals surface area contributed by atoms with Gasteiger partial charge in [0.05, 0.1) is 6.54 Å². The first-order valence-corrected chi connectivity index (χ1v) is 6.01. The third-order valence-electron chi connectivity index (χ3n) is 2.76. The quantitative estimate of drug-likeness (QED) is 0.643. The molecule has 2 nitrogen and oxygen atoms in total. The van der Waals surface area contributed by atoms with E-state index < -0.39 is 0 Å². The lowest BCUT2D eigenvalue weighted by Crippen LogP contribution is -2.24. The van der Waals surface area contributed by atoms with Gasteiger partial charge in [-0.05, 0) is 23.9 Å². The molecule has 0 fully saturated rings. The number of rotatable bonds is 1. The summed E-state index contributed by atoms with van der Waals surface area (Å²) in [7, 11) is 0. The topological polar surface area (TPSA) is 6.25 Å². The molecule has 0 spiro atoms. The zero-order chi connectivity index (χ0) is 9.38. The van der Waals surface area contributed by atoms with Gasteiger partial charge in [-0.2, -0.15) is 0 Å². The van der Waals surface area contributed by atoms with E-state index >= 15 is 0 Å². The molecule has 3 heteroatoms. The number of hydrogen-bond donors (Lipinski definition) is 0. The van der Waals surface area contributed by atoms with E-state index in [9.17, 15) is 0 Å². The van der Waals surface area contributed by atoms with Crippen LogP contribution >= 0.6 is 11.8 Å². The van der Waals surface area contributed by atoms with Crippen LogP contribution in [0.1, 0.15) is 0 Å². The fourth-order valence-corrected chi connectivity index (χ4v) is 3.27. The van der Waals surface area contributed by atoms with Crippen LogP contribution in [0.2, 0.25) is 0 Å². The minimum atomic E-state index is 1.15. The second-order valence-corrected chi connectivity index (χ2v) is 4.67. The van der Waals surface area contributed by atoms with E-state index in [2.05, 4.69) is 39.8 Å². The summed E-state index contributed by atoms with van der Waals surface area (Å²) < 4.78 is 2.48. The van der Waals surface area contributed by atoms with Gasteiger partial charge in [-0.1, -0.05) is 18.2 Å². The Morgan fingerprint density at radius 3 is 2.86 bits per heavy atom. The van der Waals surface area contributed by atoms with Crippen molar-refractivity contribution in [3.05, 3.63) is 30.3 Å². The minimum Gasteiger partial charge on any atom is -0.251 e. The van der Waals surface area contributed by atoms with Crippen molar-refractivity contribution in [3.8, 4) is 0 Å². The Morgan fingerprint density at radius 1 is 1.14 bits per heavy atom. The van der Waals surface area contributed by atoms with Crippen LogP contribution in [-0.4, -0.2) is 35.1 Å². The molecule has 2 heterocycles. The number of thioether (sulfide) groups is 1. The molecule has 0 aromatic heterocycles. The van der Waals surface area contributed by atoms with Crippen molar-refractivity contribution in [2.24, 2.45) is 0 Å². The highest BCUT2D eigenvalue weighted by Gasteiger charge is 2.35. The van der Waals surface area contributed by atoms with Gasteiger partial charge in [-0.25, -0.2) is 4.90 Å². The fraction of sp³-hybridized carbons (Fsp3) is 0.364. The van der Waals surface area contributed by atoms with Gasteiger partial charge in [-0.3, -0.25) is 4.58 Å². The number of nitrogens with zero attached hydrogens (tertiary/aromatic N) is 2. The second kappa shape index (κ2) is 3.31. The summed E-state index contributed by atoms with van der Waals surface area (Å²) in [5.74, 6) is 1.25. The second-order valence-electron chi connectivity index (χ2n) is 3.61. The van der Waals surface area contributed by atoms with Crippen molar-refractivity contribution in [2.45, 2.75) is 0 Å². The highest BCUT2D eigenvalue weighted by molar-refractivity contribution is 8.14. The van der Waals surface area contributed by atoms with Gasteiger partial charge in [0.2, 0.25) is 0 Å². The minimum absolute atomic E-state index is 1.15. The molecule has 0 aliphatic carbocycles. The van der Waals surface area contributed by atoms with E-state index in [0.717, 1.165) is 6.54 Å². The standard InChI is InChI=1S/C11H13N2S/c1-2-4-10(5-3-1)13-7-6-12-8-9-14-11(12)13/h1-5H,6-9H2/q+1. The van der Waals surface area contributed by atoms with E-state index in [1.165, 1.54) is 29.7 Å². The molecule has 0 bridgehead atoms. The normalized spacial score (nSPS) is 20.4. The average molecular weight is 205 g/mol. The average Bonchev–Trinajstić information content (AvgIpc) is 2.79. The number of para-hydroxylation sites is 1. The molecule has 0 saturated heterocycles. The first-order chi connectivity index (χ1) is 6.95. The lowest BCUT2D eigenvalue weighted by atomic mass is 10.3. The number of amidine groups is 1. The summed E-state index contributed by atoms with van der Waals surface area (Å²) in [6.45, 7) is 3.56. The first kappa shape index (κ1) is 8.36. The van der Waals surface area contributed by atoms with Crippen molar-refractivity contribution < 1.29 is 4.58 Å². The van der Waals surface area contributed by atoms with Crippen LogP contribution in [0, 0.1) is 0 Å². The Hall–Kier alpha value is -0.960. The monoisotopic (exact) mass is 205 g/mol. The molecule has 0 N–H and O–H groups in total. The summed E-state index contributed by atoms with van der Waals surface area (Å²) in [5.41, 5.74) is 1.33. The van der Waals surface area contributed by atoms with Gasteiger partial charge in [0.1, 0.15) is 18.8 Å². The summed E-state index contributed by atoms with van der Waals surface area (Å²) in [6, 6.07) is 10.7. The molecule has 2 aliphatic heterocycles. The van der Waals surface area contributed by atoms with Crippen molar-refractivity contribution in [2.75, 3.05) is 30.3 Å². The van der Waals surface area contributed by atoms with Gasteiger partial charge in [-0.15, -0.1) is 0 Å². The van der Waals surface area contributed by atoms with Crippen LogP contribution in [0.4, 0.5) is 5.69 Å². The molecule has 0 amide bonds. The molecule has 14 heavy (non-hydrogen) atoms. The highest BCUT2D eigenvalue weighted by atomic mass is 32.2. The van der Waals surface area contributed by atoms with Crippen molar-refractivity contribution in [1.82, 2.24) is 0 Å². The molecule has 1 aromatic rings. The van der Waals surface area contributed by atoms with E-state index in [4.69, 9.17) is 0 Å². The predicted octanol–water partition coefficient (Wildman–Crippen LogP) is 1.62. The third kappa shape index (κ3) is 1.23. The van der Waals surface area contributed by atoms with Gasteiger partial charge in [0, 0.05) is 5.75 Å². The Balaban J connectivity index is 1.94. The van der Waals surface area contributed by atoms with Crippen LogP contribution in [0.15, 0.2) is 30.3 Å². The van der Waals surface area contributed by atoms with Gasteiger partial charge in [0.15, 0.2) is 0 Å². The van der Waals surface area contributed by atoms with E-state index in [1.54, 1.807) is 0 Å². The zero-order valence-electron chi connectivity index (χ0n) is 8.02. The first-order valence-electron chi connectivity index (χ1n) is 5.02. The van der Waals surface area contributed by atoms with E-state index in [0.29, 0.717) is 0 Å². The lowest BCUT2D eigenvalue weighted by molar-refractivity contribution is -0.507. The summed E-state index contributed by atoms with van der Waals surface area (Å²) in [4.78, 5) is 2.43. The van der Waals surface area contributed by atoms with Crippen LogP contribution < -0.4 is 4.90 Å². The Labute approximate surface area is 88.2 Å². The Morgan fingerprint density at radius 2 is 2.00 bits per heavy atom. The van der Waals surface area contributed by atoms with Crippen molar-refractivity contribution in [1.29, 1.82) is 0 Å². The molecule has 0 radical (unpaired) electrons. The molecule has 3 rings (SSSR count). The van der Waals surface area contributed by atoms with Gasteiger partial charge >= 0.3 is 5.17 Å². The maximum atomic E-state index is 2.48. The third-order valence-corrected chi connectivity index (χ3v) is 3.88. The maximum Gasteiger partial charge on any atom is 0.313 e. The highest BCUT2D eigenvalue weighted by Crippen LogP contribution is 2.25. The molecular weight excluding hydrogens is 192 g/mol. The zero-order valence-corrected chi connectivity index (χ0v) is 8.83. The summed E-state index contributed by atoms with van der Waals surface area (Å²) in [6.07, 6.45) is 0. The maximum absolute atomic E-state index is 2.48. The molecule has 2 aliphatic rings. The van der Waals surface area contributed by atoms with Crippen molar-refractivity contribution >= 4 is 22.6 Å². The van der Waals surface area contributed by atoms with Crippen molar-refractivity contribution in [3.63, 3.8) is 0 Å². The van der Waals surface area contributed by atoms with Gasteiger partial charge < -0.3 is 0 Å². The largest absolute Gasteiger partial charge is 0.313 e. The predicted molar refractivity (Wildman–Crippen MR) is 61.2 cm³/mol. The molecule has 1 aromatic carbocycles. The summed E-state index contributed by atoms with van der Waals surface area (Å²) in [5, 5.41) is 1.45.